The second-order valence-corrected chi connectivity index (χ2v) is 5.83. The Bertz CT molecular complexity index is 520. The number of alkyl halides is 3. The molecule has 1 N–H and O–H groups in total. The molecule has 0 aliphatic carbocycles. The Morgan fingerprint density at radius 1 is 1.24 bits per heavy atom. The molecule has 0 radical (unpaired) electrons. The van der Waals surface area contributed by atoms with E-state index in [2.05, 4.69) is 19.9 Å². The fourth-order valence-electron chi connectivity index (χ4n) is 2.53. The quantitative estimate of drug-likeness (QED) is 0.755. The lowest BCUT2D eigenvalue weighted by Gasteiger charge is -2.34. The molecule has 1 fully saturated rings. The van der Waals surface area contributed by atoms with Crippen molar-refractivity contribution in [1.29, 1.82) is 0 Å². The Hall–Kier alpha value is -1.87. The molecule has 1 aromatic rings. The van der Waals surface area contributed by atoms with E-state index < -0.39 is 12.8 Å². The number of hydrogen-bond acceptors (Lipinski definition) is 4. The number of urea groups is 1. The van der Waals surface area contributed by atoms with Crippen LogP contribution in [0.2, 0.25) is 0 Å². The summed E-state index contributed by atoms with van der Waals surface area (Å²) in [6.07, 6.45) is -2.05. The number of amides is 2. The van der Waals surface area contributed by atoms with Crippen molar-refractivity contribution < 1.29 is 22.7 Å². The SMILES string of the molecule is O=C(NCc1ccccn1)N1CCN(CCCOCC(F)(F)F)CC1. The minimum atomic E-state index is -4.27. The highest BCUT2D eigenvalue weighted by atomic mass is 19.4. The molecule has 0 saturated carbocycles. The second-order valence-electron chi connectivity index (χ2n) is 5.83. The van der Waals surface area contributed by atoms with E-state index in [0.717, 1.165) is 5.69 Å². The molecule has 2 rings (SSSR count). The van der Waals surface area contributed by atoms with Crippen LogP contribution in [-0.2, 0) is 11.3 Å². The van der Waals surface area contributed by atoms with Crippen LogP contribution in [0.25, 0.3) is 0 Å². The minimum Gasteiger partial charge on any atom is -0.372 e. The summed E-state index contributed by atoms with van der Waals surface area (Å²) in [6, 6.07) is 5.41. The van der Waals surface area contributed by atoms with Gasteiger partial charge < -0.3 is 15.0 Å². The second kappa shape index (κ2) is 9.57. The highest BCUT2D eigenvalue weighted by molar-refractivity contribution is 5.74. The molecular weight excluding hydrogens is 337 g/mol. The van der Waals surface area contributed by atoms with Gasteiger partial charge in [0.2, 0.25) is 0 Å². The number of halogens is 3. The monoisotopic (exact) mass is 360 g/mol. The summed E-state index contributed by atoms with van der Waals surface area (Å²) in [5.41, 5.74) is 0.799. The lowest BCUT2D eigenvalue weighted by Crippen LogP contribution is -2.51. The van der Waals surface area contributed by atoms with Crippen molar-refractivity contribution in [3.05, 3.63) is 30.1 Å². The minimum absolute atomic E-state index is 0.0876. The summed E-state index contributed by atoms with van der Waals surface area (Å²) < 4.78 is 40.4. The molecule has 2 amide bonds. The first-order chi connectivity index (χ1) is 11.9. The molecule has 0 bridgehead atoms. The average Bonchev–Trinajstić information content (AvgIpc) is 2.60. The molecule has 1 aromatic heterocycles. The molecule has 25 heavy (non-hydrogen) atoms. The van der Waals surface area contributed by atoms with Crippen molar-refractivity contribution in [1.82, 2.24) is 20.1 Å². The molecule has 1 saturated heterocycles. The summed E-state index contributed by atoms with van der Waals surface area (Å²) >= 11 is 0. The topological polar surface area (TPSA) is 57.7 Å². The van der Waals surface area contributed by atoms with Crippen LogP contribution in [0.3, 0.4) is 0 Å². The summed E-state index contributed by atoms with van der Waals surface area (Å²) in [4.78, 5) is 20.1. The van der Waals surface area contributed by atoms with Gasteiger partial charge in [0, 0.05) is 45.5 Å². The fourth-order valence-corrected chi connectivity index (χ4v) is 2.53. The molecule has 0 aromatic carbocycles. The summed E-state index contributed by atoms with van der Waals surface area (Å²) in [5.74, 6) is 0. The van der Waals surface area contributed by atoms with Crippen LogP contribution in [-0.4, -0.2) is 72.9 Å². The van der Waals surface area contributed by atoms with Crippen molar-refractivity contribution in [2.24, 2.45) is 0 Å². The zero-order valence-electron chi connectivity index (χ0n) is 14.0. The number of ether oxygens (including phenoxy) is 1. The third-order valence-electron chi connectivity index (χ3n) is 3.84. The Kier molecular flexibility index (Phi) is 7.45. The normalized spacial score (nSPS) is 16.0. The van der Waals surface area contributed by atoms with Gasteiger partial charge in [0.25, 0.3) is 0 Å². The lowest BCUT2D eigenvalue weighted by atomic mass is 10.3. The Morgan fingerprint density at radius 2 is 2.00 bits per heavy atom. The first-order valence-corrected chi connectivity index (χ1v) is 8.23. The number of nitrogens with one attached hydrogen (secondary N) is 1. The molecule has 0 spiro atoms. The third-order valence-corrected chi connectivity index (χ3v) is 3.84. The summed E-state index contributed by atoms with van der Waals surface area (Å²) in [6.45, 7) is 2.54. The van der Waals surface area contributed by atoms with Gasteiger partial charge in [0.15, 0.2) is 0 Å². The molecule has 9 heteroatoms. The molecule has 0 unspecified atom stereocenters. The highest BCUT2D eigenvalue weighted by Gasteiger charge is 2.27. The van der Waals surface area contributed by atoms with Crippen LogP contribution >= 0.6 is 0 Å². The maximum Gasteiger partial charge on any atom is 0.411 e. The zero-order valence-corrected chi connectivity index (χ0v) is 14.0. The maximum atomic E-state index is 12.1. The summed E-state index contributed by atoms with van der Waals surface area (Å²) in [7, 11) is 0. The number of carbonyl (C=O) groups is 1. The van der Waals surface area contributed by atoms with Crippen molar-refractivity contribution >= 4 is 6.03 Å². The van der Waals surface area contributed by atoms with Gasteiger partial charge in [0.05, 0.1) is 12.2 Å². The van der Waals surface area contributed by atoms with Crippen LogP contribution in [0.4, 0.5) is 18.0 Å². The van der Waals surface area contributed by atoms with Crippen LogP contribution in [0.5, 0.6) is 0 Å². The van der Waals surface area contributed by atoms with Gasteiger partial charge in [-0.25, -0.2) is 4.79 Å². The van der Waals surface area contributed by atoms with Crippen molar-refractivity contribution in [2.75, 3.05) is 45.9 Å². The standard InChI is InChI=1S/C16H23F3N4O2/c17-16(18,19)13-25-11-3-6-22-7-9-23(10-8-22)15(24)21-12-14-4-1-2-5-20-14/h1-2,4-5H,3,6-13H2,(H,21,24). The van der Waals surface area contributed by atoms with Gasteiger partial charge in [-0.3, -0.25) is 9.88 Å². The van der Waals surface area contributed by atoms with E-state index in [0.29, 0.717) is 45.7 Å². The molecule has 140 valence electrons. The largest absolute Gasteiger partial charge is 0.411 e. The number of rotatable bonds is 7. The van der Waals surface area contributed by atoms with E-state index in [9.17, 15) is 18.0 Å². The lowest BCUT2D eigenvalue weighted by molar-refractivity contribution is -0.174. The maximum absolute atomic E-state index is 12.1. The molecule has 6 nitrogen and oxygen atoms in total. The number of hydrogen-bond donors (Lipinski definition) is 1. The van der Waals surface area contributed by atoms with E-state index >= 15 is 0 Å². The highest BCUT2D eigenvalue weighted by Crippen LogP contribution is 2.14. The zero-order chi connectivity index (χ0) is 18.1. The van der Waals surface area contributed by atoms with Gasteiger partial charge >= 0.3 is 12.2 Å². The summed E-state index contributed by atoms with van der Waals surface area (Å²) in [5, 5.41) is 2.84. The first kappa shape index (κ1) is 19.5. The molecule has 1 aliphatic rings. The van der Waals surface area contributed by atoms with E-state index in [1.807, 2.05) is 18.2 Å². The number of carbonyl (C=O) groups excluding carboxylic acids is 1. The van der Waals surface area contributed by atoms with Gasteiger partial charge in [-0.2, -0.15) is 13.2 Å². The Labute approximate surface area is 145 Å². The van der Waals surface area contributed by atoms with Gasteiger partial charge in [-0.05, 0) is 18.6 Å². The first-order valence-electron chi connectivity index (χ1n) is 8.23. The predicted molar refractivity (Wildman–Crippen MR) is 86.0 cm³/mol. The van der Waals surface area contributed by atoms with Crippen LogP contribution < -0.4 is 5.32 Å². The van der Waals surface area contributed by atoms with Crippen molar-refractivity contribution in [3.63, 3.8) is 0 Å². The average molecular weight is 360 g/mol. The van der Waals surface area contributed by atoms with Crippen molar-refractivity contribution in [3.8, 4) is 0 Å². The number of nitrogens with zero attached hydrogens (tertiary/aromatic N) is 3. The van der Waals surface area contributed by atoms with Crippen LogP contribution in [0, 0.1) is 0 Å². The van der Waals surface area contributed by atoms with Gasteiger partial charge in [-0.1, -0.05) is 6.07 Å². The van der Waals surface area contributed by atoms with Crippen molar-refractivity contribution in [2.45, 2.75) is 19.1 Å². The van der Waals surface area contributed by atoms with E-state index in [1.165, 1.54) is 0 Å². The van der Waals surface area contributed by atoms with Crippen LogP contribution in [0.15, 0.2) is 24.4 Å². The van der Waals surface area contributed by atoms with E-state index in [-0.39, 0.29) is 12.6 Å². The van der Waals surface area contributed by atoms with E-state index in [1.54, 1.807) is 11.1 Å². The van der Waals surface area contributed by atoms with Gasteiger partial charge in [0.1, 0.15) is 6.61 Å². The molecular formula is C16H23F3N4O2. The third kappa shape index (κ3) is 7.70. The predicted octanol–water partition coefficient (Wildman–Crippen LogP) is 1.88. The smallest absolute Gasteiger partial charge is 0.372 e. The van der Waals surface area contributed by atoms with Gasteiger partial charge in [-0.15, -0.1) is 0 Å². The van der Waals surface area contributed by atoms with E-state index in [4.69, 9.17) is 0 Å². The Morgan fingerprint density at radius 3 is 2.64 bits per heavy atom. The fraction of sp³-hybridized carbons (Fsp3) is 0.625. The molecule has 1 aliphatic heterocycles. The molecule has 2 heterocycles. The molecule has 0 atom stereocenters. The van der Waals surface area contributed by atoms with Crippen LogP contribution in [0.1, 0.15) is 12.1 Å². The Balaban J connectivity index is 1.57. The number of piperazine rings is 1. The number of pyridine rings is 1. The number of aromatic nitrogens is 1.